The minimum atomic E-state index is -0.361. The van der Waals surface area contributed by atoms with Crippen LogP contribution in [0.4, 0.5) is 4.39 Å². The molecule has 1 nitrogen and oxygen atoms in total. The molecular weight excluding hydrogens is 331 g/mol. The van der Waals surface area contributed by atoms with Crippen LogP contribution in [0.25, 0.3) is 0 Å². The number of carbonyl (C=O) groups excluding carboxylic acids is 1. The summed E-state index contributed by atoms with van der Waals surface area (Å²) < 4.78 is 13.9. The van der Waals surface area contributed by atoms with Crippen molar-refractivity contribution in [2.75, 3.05) is 0 Å². The first-order chi connectivity index (χ1) is 8.95. The topological polar surface area (TPSA) is 17.1 Å². The summed E-state index contributed by atoms with van der Waals surface area (Å²) in [7, 11) is 0. The molecule has 0 unspecified atom stereocenters. The Bertz CT molecular complexity index is 620. The molecule has 2 aromatic rings. The Morgan fingerprint density at radius 1 is 1.26 bits per heavy atom. The molecular formula is C15H11BrClFO. The Morgan fingerprint density at radius 3 is 2.68 bits per heavy atom. The zero-order valence-electron chi connectivity index (χ0n) is 10.2. The maximum Gasteiger partial charge on any atom is 0.167 e. The normalized spacial score (nSPS) is 10.5. The first kappa shape index (κ1) is 14.2. The van der Waals surface area contributed by atoms with Gasteiger partial charge in [0.25, 0.3) is 0 Å². The van der Waals surface area contributed by atoms with E-state index in [9.17, 15) is 9.18 Å². The molecule has 0 aliphatic rings. The van der Waals surface area contributed by atoms with Crippen LogP contribution in [0.3, 0.4) is 0 Å². The van der Waals surface area contributed by atoms with Gasteiger partial charge < -0.3 is 0 Å². The van der Waals surface area contributed by atoms with Crippen molar-refractivity contribution < 1.29 is 9.18 Å². The van der Waals surface area contributed by atoms with Gasteiger partial charge in [0.1, 0.15) is 5.82 Å². The van der Waals surface area contributed by atoms with E-state index in [0.29, 0.717) is 20.6 Å². The number of aryl methyl sites for hydroxylation is 1. The molecule has 0 saturated heterocycles. The third-order valence-corrected chi connectivity index (χ3v) is 3.48. The van der Waals surface area contributed by atoms with Gasteiger partial charge in [0.15, 0.2) is 5.78 Å². The van der Waals surface area contributed by atoms with E-state index in [2.05, 4.69) is 15.9 Å². The fourth-order valence-corrected chi connectivity index (χ4v) is 2.57. The average molecular weight is 342 g/mol. The van der Waals surface area contributed by atoms with E-state index >= 15 is 0 Å². The number of hydrogen-bond donors (Lipinski definition) is 0. The first-order valence-electron chi connectivity index (χ1n) is 5.70. The lowest BCUT2D eigenvalue weighted by Gasteiger charge is -2.06. The third kappa shape index (κ3) is 3.64. The molecule has 0 spiro atoms. The predicted octanol–water partition coefficient (Wildman–Crippen LogP) is 4.98. The van der Waals surface area contributed by atoms with Crippen LogP contribution < -0.4 is 0 Å². The molecule has 98 valence electrons. The van der Waals surface area contributed by atoms with Gasteiger partial charge in [-0.15, -0.1) is 0 Å². The van der Waals surface area contributed by atoms with Crippen molar-refractivity contribution in [3.63, 3.8) is 0 Å². The molecule has 0 radical (unpaired) electrons. The Labute approximate surface area is 124 Å². The second-order valence-corrected chi connectivity index (χ2v) is 5.69. The molecule has 19 heavy (non-hydrogen) atoms. The van der Waals surface area contributed by atoms with Crippen molar-refractivity contribution in [2.24, 2.45) is 0 Å². The summed E-state index contributed by atoms with van der Waals surface area (Å²) in [6, 6.07) is 9.65. The van der Waals surface area contributed by atoms with Crippen LogP contribution >= 0.6 is 27.5 Å². The van der Waals surface area contributed by atoms with Crippen LogP contribution in [-0.4, -0.2) is 5.78 Å². The van der Waals surface area contributed by atoms with E-state index in [0.717, 1.165) is 5.56 Å². The summed E-state index contributed by atoms with van der Waals surface area (Å²) in [6.45, 7) is 1.85. The molecule has 0 saturated carbocycles. The van der Waals surface area contributed by atoms with E-state index < -0.39 is 0 Å². The standard InChI is InChI=1S/C15H11BrClFO/c1-9-2-3-12(17)8-14(9)15(19)6-10-4-11(16)7-13(18)5-10/h2-5,7-8H,6H2,1H3. The molecule has 0 heterocycles. The number of hydrogen-bond acceptors (Lipinski definition) is 1. The first-order valence-corrected chi connectivity index (χ1v) is 6.87. The van der Waals surface area contributed by atoms with Gasteiger partial charge in [0.2, 0.25) is 0 Å². The van der Waals surface area contributed by atoms with Crippen LogP contribution in [0, 0.1) is 12.7 Å². The van der Waals surface area contributed by atoms with Gasteiger partial charge in [0.05, 0.1) is 0 Å². The van der Waals surface area contributed by atoms with E-state index in [1.807, 2.05) is 6.92 Å². The van der Waals surface area contributed by atoms with Crippen molar-refractivity contribution in [3.05, 3.63) is 68.4 Å². The molecule has 0 aliphatic carbocycles. The highest BCUT2D eigenvalue weighted by molar-refractivity contribution is 9.10. The SMILES string of the molecule is Cc1ccc(Cl)cc1C(=O)Cc1cc(F)cc(Br)c1. The lowest BCUT2D eigenvalue weighted by Crippen LogP contribution is -2.06. The number of ketones is 1. The van der Waals surface area contributed by atoms with Crippen LogP contribution in [0.1, 0.15) is 21.5 Å². The third-order valence-electron chi connectivity index (χ3n) is 2.79. The van der Waals surface area contributed by atoms with Gasteiger partial charge in [-0.2, -0.15) is 0 Å². The highest BCUT2D eigenvalue weighted by Crippen LogP contribution is 2.20. The summed E-state index contributed by atoms with van der Waals surface area (Å²) >= 11 is 9.11. The van der Waals surface area contributed by atoms with E-state index in [-0.39, 0.29) is 18.0 Å². The number of carbonyl (C=O) groups is 1. The lowest BCUT2D eigenvalue weighted by atomic mass is 9.99. The Hall–Kier alpha value is -1.19. The van der Waals surface area contributed by atoms with E-state index in [4.69, 9.17) is 11.6 Å². The van der Waals surface area contributed by atoms with Crippen molar-refractivity contribution in [3.8, 4) is 0 Å². The number of rotatable bonds is 3. The van der Waals surface area contributed by atoms with E-state index in [1.165, 1.54) is 12.1 Å². The Balaban J connectivity index is 2.28. The fraction of sp³-hybridized carbons (Fsp3) is 0.133. The quantitative estimate of drug-likeness (QED) is 0.720. The van der Waals surface area contributed by atoms with Gasteiger partial charge in [0, 0.05) is 21.5 Å². The van der Waals surface area contributed by atoms with Gasteiger partial charge >= 0.3 is 0 Å². The average Bonchev–Trinajstić information content (AvgIpc) is 2.30. The van der Waals surface area contributed by atoms with E-state index in [1.54, 1.807) is 24.3 Å². The highest BCUT2D eigenvalue weighted by atomic mass is 79.9. The molecule has 0 amide bonds. The number of benzene rings is 2. The molecule has 0 aromatic heterocycles. The van der Waals surface area contributed by atoms with Crippen LogP contribution in [0.15, 0.2) is 40.9 Å². The maximum absolute atomic E-state index is 13.3. The van der Waals surface area contributed by atoms with Crippen LogP contribution in [0.5, 0.6) is 0 Å². The molecule has 0 N–H and O–H groups in total. The summed E-state index contributed by atoms with van der Waals surface area (Å²) in [5, 5.41) is 0.523. The summed E-state index contributed by atoms with van der Waals surface area (Å²) in [5.74, 6) is -0.433. The van der Waals surface area contributed by atoms with Crippen molar-refractivity contribution >= 4 is 33.3 Å². The second-order valence-electron chi connectivity index (χ2n) is 4.34. The molecule has 2 aromatic carbocycles. The highest BCUT2D eigenvalue weighted by Gasteiger charge is 2.11. The smallest absolute Gasteiger partial charge is 0.167 e. The predicted molar refractivity (Wildman–Crippen MR) is 78.3 cm³/mol. The largest absolute Gasteiger partial charge is 0.294 e. The monoisotopic (exact) mass is 340 g/mol. The van der Waals surface area contributed by atoms with Gasteiger partial charge in [-0.1, -0.05) is 33.6 Å². The zero-order valence-corrected chi connectivity index (χ0v) is 12.6. The van der Waals surface area contributed by atoms with Gasteiger partial charge in [-0.3, -0.25) is 4.79 Å². The van der Waals surface area contributed by atoms with Gasteiger partial charge in [-0.05, 0) is 48.4 Å². The van der Waals surface area contributed by atoms with Crippen LogP contribution in [-0.2, 0) is 6.42 Å². The molecule has 0 atom stereocenters. The lowest BCUT2D eigenvalue weighted by molar-refractivity contribution is 0.0992. The summed E-state index contributed by atoms with van der Waals surface area (Å²) in [5.41, 5.74) is 2.08. The second kappa shape index (κ2) is 5.85. The summed E-state index contributed by atoms with van der Waals surface area (Å²) in [6.07, 6.45) is 0.150. The number of Topliss-reactive ketones (excluding diaryl/α,β-unsaturated/α-hetero) is 1. The molecule has 4 heteroatoms. The number of halogens is 3. The van der Waals surface area contributed by atoms with Gasteiger partial charge in [-0.25, -0.2) is 4.39 Å². The Morgan fingerprint density at radius 2 is 2.00 bits per heavy atom. The minimum Gasteiger partial charge on any atom is -0.294 e. The molecule has 0 bridgehead atoms. The van der Waals surface area contributed by atoms with Crippen molar-refractivity contribution in [1.29, 1.82) is 0 Å². The summed E-state index contributed by atoms with van der Waals surface area (Å²) in [4.78, 5) is 12.2. The maximum atomic E-state index is 13.3. The van der Waals surface area contributed by atoms with Crippen molar-refractivity contribution in [2.45, 2.75) is 13.3 Å². The van der Waals surface area contributed by atoms with Crippen LogP contribution in [0.2, 0.25) is 5.02 Å². The minimum absolute atomic E-state index is 0.0718. The molecule has 0 fully saturated rings. The van der Waals surface area contributed by atoms with Crippen molar-refractivity contribution in [1.82, 2.24) is 0 Å². The molecule has 2 rings (SSSR count). The fourth-order valence-electron chi connectivity index (χ4n) is 1.89. The Kier molecular flexibility index (Phi) is 4.38. The zero-order chi connectivity index (χ0) is 14.0. The molecule has 0 aliphatic heterocycles.